The molecule has 112 valence electrons. The van der Waals surface area contributed by atoms with Gasteiger partial charge in [-0.2, -0.15) is 4.98 Å². The number of hydrogen-bond donors (Lipinski definition) is 2. The van der Waals surface area contributed by atoms with Crippen LogP contribution >= 0.6 is 0 Å². The smallest absolute Gasteiger partial charge is 0.273 e. The molecule has 0 atom stereocenters. The summed E-state index contributed by atoms with van der Waals surface area (Å²) < 4.78 is 4.64. The minimum Gasteiger partial charge on any atom is -0.385 e. The number of nitro groups is 1. The van der Waals surface area contributed by atoms with E-state index in [1.54, 1.807) is 0 Å². The predicted molar refractivity (Wildman–Crippen MR) is 78.4 cm³/mol. The fraction of sp³-hybridized carbons (Fsp3) is 0.385. The van der Waals surface area contributed by atoms with Crippen molar-refractivity contribution in [2.75, 3.05) is 23.7 Å². The number of hydrogen-bond acceptors (Lipinski definition) is 7. The first-order chi connectivity index (χ1) is 10.2. The van der Waals surface area contributed by atoms with E-state index in [1.807, 2.05) is 13.0 Å². The van der Waals surface area contributed by atoms with Crippen molar-refractivity contribution in [2.45, 2.75) is 19.8 Å². The van der Waals surface area contributed by atoms with E-state index in [2.05, 4.69) is 25.3 Å². The van der Waals surface area contributed by atoms with Gasteiger partial charge in [-0.05, 0) is 12.5 Å². The maximum absolute atomic E-state index is 11.0. The first kappa shape index (κ1) is 14.8. The summed E-state index contributed by atoms with van der Waals surface area (Å²) in [4.78, 5) is 14.5. The molecule has 2 N–H and O–H groups in total. The summed E-state index contributed by atoms with van der Waals surface area (Å²) in [5.41, 5.74) is 1.47. The van der Waals surface area contributed by atoms with Gasteiger partial charge in [0.1, 0.15) is 0 Å². The van der Waals surface area contributed by atoms with E-state index in [1.165, 1.54) is 18.5 Å². The molecule has 0 amide bonds. The van der Waals surface area contributed by atoms with Crippen LogP contribution in [0.1, 0.15) is 19.2 Å². The number of nitrogens with one attached hydrogen (secondary N) is 2. The molecule has 1 aromatic carbocycles. The summed E-state index contributed by atoms with van der Waals surface area (Å²) in [5.74, 6) is 0.595. The Hall–Kier alpha value is -2.64. The number of aromatic nitrogens is 2. The highest BCUT2D eigenvalue weighted by Gasteiger charge is 2.09. The van der Waals surface area contributed by atoms with Gasteiger partial charge in [-0.3, -0.25) is 10.1 Å². The third kappa shape index (κ3) is 4.44. The van der Waals surface area contributed by atoms with Gasteiger partial charge in [-0.15, -0.1) is 0 Å². The summed E-state index contributed by atoms with van der Waals surface area (Å²) in [6.45, 7) is 3.37. The predicted octanol–water partition coefficient (Wildman–Crippen LogP) is 2.45. The Morgan fingerprint density at radius 3 is 2.52 bits per heavy atom. The second kappa shape index (κ2) is 7.22. The Balaban J connectivity index is 2.02. The molecule has 0 spiro atoms. The molecule has 2 aromatic rings. The largest absolute Gasteiger partial charge is 0.385 e. The topological polar surface area (TPSA) is 106 Å². The molecule has 0 saturated carbocycles. The third-order valence-electron chi connectivity index (χ3n) is 2.79. The minimum absolute atomic E-state index is 0.0539. The molecule has 0 radical (unpaired) electrons. The summed E-state index contributed by atoms with van der Waals surface area (Å²) >= 11 is 0. The Morgan fingerprint density at radius 2 is 1.95 bits per heavy atom. The number of benzene rings is 1. The van der Waals surface area contributed by atoms with Crippen LogP contribution < -0.4 is 10.6 Å². The van der Waals surface area contributed by atoms with Crippen molar-refractivity contribution < 1.29 is 9.45 Å². The minimum atomic E-state index is -0.401. The molecule has 8 nitrogen and oxygen atoms in total. The first-order valence-corrected chi connectivity index (χ1v) is 6.71. The molecule has 21 heavy (non-hydrogen) atoms. The van der Waals surface area contributed by atoms with Crippen LogP contribution in [0, 0.1) is 10.1 Å². The van der Waals surface area contributed by atoms with Crippen LogP contribution in [-0.4, -0.2) is 28.2 Å². The van der Waals surface area contributed by atoms with Crippen LogP contribution in [0.5, 0.6) is 0 Å². The third-order valence-corrected chi connectivity index (χ3v) is 2.79. The Kier molecular flexibility index (Phi) is 5.08. The van der Waals surface area contributed by atoms with E-state index in [9.17, 15) is 10.1 Å². The number of rotatable bonds is 8. The molecule has 2 rings (SSSR count). The van der Waals surface area contributed by atoms with Gasteiger partial charge in [-0.25, -0.2) is 0 Å². The number of nitrogens with zero attached hydrogens (tertiary/aromatic N) is 3. The van der Waals surface area contributed by atoms with Gasteiger partial charge in [0, 0.05) is 43.0 Å². The van der Waals surface area contributed by atoms with Crippen molar-refractivity contribution in [3.8, 4) is 0 Å². The number of nitro benzene ring substituents is 1. The molecule has 0 unspecified atom stereocenters. The van der Waals surface area contributed by atoms with E-state index in [0.29, 0.717) is 24.5 Å². The standard InChI is InChI=1S/C13H17N5O3/c1-2-4-14-10-6-11(8-12(7-10)18(19)20)15-5-3-13-16-9-21-17-13/h6-9,14-15H,2-5H2,1H3. The molecule has 0 bridgehead atoms. The number of anilines is 2. The van der Waals surface area contributed by atoms with Gasteiger partial charge in [0.15, 0.2) is 5.82 Å². The van der Waals surface area contributed by atoms with Crippen molar-refractivity contribution in [3.05, 3.63) is 40.5 Å². The van der Waals surface area contributed by atoms with Crippen LogP contribution in [0.3, 0.4) is 0 Å². The van der Waals surface area contributed by atoms with E-state index in [4.69, 9.17) is 0 Å². The summed E-state index contributed by atoms with van der Waals surface area (Å²) in [6, 6.07) is 4.88. The molecule has 8 heteroatoms. The van der Waals surface area contributed by atoms with Crippen LogP contribution in [-0.2, 0) is 6.42 Å². The maximum atomic E-state index is 11.0. The summed E-state index contributed by atoms with van der Waals surface area (Å²) in [5, 5.41) is 20.9. The highest BCUT2D eigenvalue weighted by atomic mass is 16.6. The molecule has 0 saturated heterocycles. The lowest BCUT2D eigenvalue weighted by Crippen LogP contribution is -2.07. The zero-order chi connectivity index (χ0) is 15.1. The first-order valence-electron chi connectivity index (χ1n) is 6.71. The van der Waals surface area contributed by atoms with Crippen LogP contribution in [0.4, 0.5) is 17.1 Å². The summed E-state index contributed by atoms with van der Waals surface area (Å²) in [6.07, 6.45) is 2.80. The Morgan fingerprint density at radius 1 is 1.24 bits per heavy atom. The molecular weight excluding hydrogens is 274 g/mol. The van der Waals surface area contributed by atoms with E-state index < -0.39 is 4.92 Å². The molecule has 1 aromatic heterocycles. The Bertz CT molecular complexity index is 585. The lowest BCUT2D eigenvalue weighted by Gasteiger charge is -2.09. The molecule has 0 aliphatic rings. The second-order valence-corrected chi connectivity index (χ2v) is 4.48. The van der Waals surface area contributed by atoms with E-state index in [0.717, 1.165) is 18.7 Å². The fourth-order valence-corrected chi connectivity index (χ4v) is 1.81. The lowest BCUT2D eigenvalue weighted by atomic mass is 10.2. The van der Waals surface area contributed by atoms with Crippen LogP contribution in [0.2, 0.25) is 0 Å². The molecule has 1 heterocycles. The SMILES string of the molecule is CCCNc1cc(NCCc2ncon2)cc([N+](=O)[O-])c1. The normalized spacial score (nSPS) is 10.3. The monoisotopic (exact) mass is 291 g/mol. The van der Waals surface area contributed by atoms with Crippen LogP contribution in [0.15, 0.2) is 29.1 Å². The highest BCUT2D eigenvalue weighted by molar-refractivity contribution is 5.63. The zero-order valence-electron chi connectivity index (χ0n) is 11.7. The van der Waals surface area contributed by atoms with Crippen molar-refractivity contribution in [1.29, 1.82) is 0 Å². The van der Waals surface area contributed by atoms with E-state index in [-0.39, 0.29) is 5.69 Å². The van der Waals surface area contributed by atoms with Crippen molar-refractivity contribution in [1.82, 2.24) is 10.1 Å². The lowest BCUT2D eigenvalue weighted by molar-refractivity contribution is -0.384. The zero-order valence-corrected chi connectivity index (χ0v) is 11.7. The van der Waals surface area contributed by atoms with Gasteiger partial charge >= 0.3 is 0 Å². The molecule has 0 aliphatic heterocycles. The van der Waals surface area contributed by atoms with Gasteiger partial charge in [0.25, 0.3) is 5.69 Å². The van der Waals surface area contributed by atoms with Crippen molar-refractivity contribution >= 4 is 17.1 Å². The molecule has 0 aliphatic carbocycles. The highest BCUT2D eigenvalue weighted by Crippen LogP contribution is 2.24. The molecular formula is C13H17N5O3. The second-order valence-electron chi connectivity index (χ2n) is 4.48. The Labute approximate surface area is 121 Å². The van der Waals surface area contributed by atoms with Gasteiger partial charge < -0.3 is 15.2 Å². The molecule has 0 fully saturated rings. The van der Waals surface area contributed by atoms with Crippen molar-refractivity contribution in [2.24, 2.45) is 0 Å². The fourth-order valence-electron chi connectivity index (χ4n) is 1.81. The van der Waals surface area contributed by atoms with Gasteiger partial charge in [-0.1, -0.05) is 12.1 Å². The van der Waals surface area contributed by atoms with Gasteiger partial charge in [0.2, 0.25) is 6.39 Å². The summed E-state index contributed by atoms with van der Waals surface area (Å²) in [7, 11) is 0. The van der Waals surface area contributed by atoms with Gasteiger partial charge in [0.05, 0.1) is 4.92 Å². The van der Waals surface area contributed by atoms with E-state index >= 15 is 0 Å². The van der Waals surface area contributed by atoms with Crippen LogP contribution in [0.25, 0.3) is 0 Å². The number of non-ortho nitro benzene ring substituents is 1. The quantitative estimate of drug-likeness (QED) is 0.568. The average molecular weight is 291 g/mol. The van der Waals surface area contributed by atoms with Crippen molar-refractivity contribution in [3.63, 3.8) is 0 Å². The average Bonchev–Trinajstić information content (AvgIpc) is 2.98. The maximum Gasteiger partial charge on any atom is 0.273 e.